The second kappa shape index (κ2) is 13.3. The van der Waals surface area contributed by atoms with Crippen molar-refractivity contribution < 1.29 is 20.8 Å². The second-order valence-corrected chi connectivity index (χ2v) is 12.8. The molecule has 3 aromatic rings. The van der Waals surface area contributed by atoms with Crippen LogP contribution in [-0.2, 0) is 33.7 Å². The van der Waals surface area contributed by atoms with Crippen LogP contribution in [0.15, 0.2) is 42.5 Å². The van der Waals surface area contributed by atoms with Crippen molar-refractivity contribution in [2.24, 2.45) is 0 Å². The average Bonchev–Trinajstić information content (AvgIpc) is 3.15. The molecule has 3 rings (SSSR count). The van der Waals surface area contributed by atoms with Crippen molar-refractivity contribution in [1.29, 1.82) is 0 Å². The van der Waals surface area contributed by atoms with Crippen molar-refractivity contribution in [2.45, 2.75) is 85.5 Å². The molecule has 0 aliphatic heterocycles. The molecule has 0 nitrogen and oxygen atoms in total. The topological polar surface area (TPSA) is 0 Å². The molecule has 31 heavy (non-hydrogen) atoms. The van der Waals surface area contributed by atoms with Gasteiger partial charge in [0.25, 0.3) is 0 Å². The van der Waals surface area contributed by atoms with Gasteiger partial charge in [-0.3, -0.25) is 0 Å². The van der Waals surface area contributed by atoms with E-state index in [4.69, 9.17) is 17.0 Å². The first kappa shape index (κ1) is 26.8. The molecule has 0 fully saturated rings. The van der Waals surface area contributed by atoms with Gasteiger partial charge >= 0.3 is 37.9 Å². The monoisotopic (exact) mass is 533 g/mol. The van der Waals surface area contributed by atoms with Crippen molar-refractivity contribution in [3.63, 3.8) is 0 Å². The summed E-state index contributed by atoms with van der Waals surface area (Å²) in [6.07, 6.45) is 6.04. The van der Waals surface area contributed by atoms with E-state index in [1.807, 2.05) is 0 Å². The zero-order valence-electron chi connectivity index (χ0n) is 20.0. The van der Waals surface area contributed by atoms with Crippen LogP contribution in [0.25, 0.3) is 21.9 Å². The molecule has 0 unspecified atom stereocenters. The average molecular weight is 536 g/mol. The molecule has 0 amide bonds. The van der Waals surface area contributed by atoms with Gasteiger partial charge in [0, 0.05) is 0 Å². The maximum absolute atomic E-state index is 4.93. The summed E-state index contributed by atoms with van der Waals surface area (Å²) in [5, 5.41) is 2.86. The molecular weight excluding hydrogens is 498 g/mol. The number of rotatable bonds is 8. The van der Waals surface area contributed by atoms with Gasteiger partial charge in [0.15, 0.2) is 0 Å². The fraction of sp³-hybridized carbons (Fsp3) is 0.464. The number of benzene rings is 2. The molecule has 3 aromatic carbocycles. The Kier molecular flexibility index (Phi) is 11.5. The van der Waals surface area contributed by atoms with Gasteiger partial charge in [0.05, 0.1) is 0 Å². The summed E-state index contributed by atoms with van der Waals surface area (Å²) in [6.45, 7) is 13.8. The summed E-state index contributed by atoms with van der Waals surface area (Å²) < 4.78 is 0. The van der Waals surface area contributed by atoms with Crippen LogP contribution in [0.1, 0.15) is 94.9 Å². The number of hydrogen-bond acceptors (Lipinski definition) is 0. The van der Waals surface area contributed by atoms with E-state index in [-0.39, 0.29) is 0 Å². The summed E-state index contributed by atoms with van der Waals surface area (Å²) in [6, 6.07) is 16.9. The van der Waals surface area contributed by atoms with Crippen LogP contribution in [0.2, 0.25) is 0 Å². The Morgan fingerprint density at radius 3 is 1.97 bits per heavy atom. The fourth-order valence-corrected chi connectivity index (χ4v) is 4.22. The predicted octanol–water partition coefficient (Wildman–Crippen LogP) is 10.1. The van der Waals surface area contributed by atoms with E-state index in [2.05, 4.69) is 84.0 Å². The van der Waals surface area contributed by atoms with Crippen LogP contribution in [0.3, 0.4) is 0 Å². The van der Waals surface area contributed by atoms with E-state index in [9.17, 15) is 0 Å². The Bertz CT molecular complexity index is 927. The van der Waals surface area contributed by atoms with Crippen LogP contribution in [0.4, 0.5) is 0 Å². The number of halogens is 2. The van der Waals surface area contributed by atoms with Gasteiger partial charge in [0.1, 0.15) is 0 Å². The molecule has 0 saturated heterocycles. The summed E-state index contributed by atoms with van der Waals surface area (Å²) >= 11 is -0.826. The molecule has 0 N–H and O–H groups in total. The quantitative estimate of drug-likeness (QED) is 0.252. The first-order chi connectivity index (χ1) is 14.9. The van der Waals surface area contributed by atoms with Crippen molar-refractivity contribution in [3.05, 3.63) is 64.7 Å². The van der Waals surface area contributed by atoms with Crippen LogP contribution >= 0.6 is 17.0 Å². The van der Waals surface area contributed by atoms with Gasteiger partial charge in [-0.25, -0.2) is 0 Å². The van der Waals surface area contributed by atoms with E-state index in [1.165, 1.54) is 69.8 Å². The summed E-state index contributed by atoms with van der Waals surface area (Å²) in [5.74, 6) is 1.09. The molecule has 0 heterocycles. The van der Waals surface area contributed by atoms with Gasteiger partial charge in [-0.05, 0) is 41.4 Å². The van der Waals surface area contributed by atoms with Crippen LogP contribution in [-0.4, -0.2) is 0 Å². The van der Waals surface area contributed by atoms with Crippen molar-refractivity contribution in [1.82, 2.24) is 0 Å². The number of unbranched alkanes of at least 4 members (excludes halogenated alkanes) is 1. The summed E-state index contributed by atoms with van der Waals surface area (Å²) in [5.41, 5.74) is 8.80. The maximum atomic E-state index is 4.93. The van der Waals surface area contributed by atoms with Crippen molar-refractivity contribution in [3.8, 4) is 11.1 Å². The van der Waals surface area contributed by atoms with Crippen LogP contribution < -0.4 is 0 Å². The standard InChI is InChI=1S/C28H37.2ClH.Zr/c1-7-9-11-21-14-23-13-12-22(10-8-2)28(27(23)15-21)26-17-24(19(3)4)16-25(18-26)20(5)6;;;/h12-20H,7-11H2,1-6H3;2*1H;/q-1;;;+2/p-2. The molecule has 3 heteroatoms. The van der Waals surface area contributed by atoms with E-state index in [1.54, 1.807) is 0 Å². The first-order valence-electron chi connectivity index (χ1n) is 11.7. The first-order valence-corrected chi connectivity index (χ1v) is 18.0. The van der Waals surface area contributed by atoms with E-state index < -0.39 is 20.8 Å². The Morgan fingerprint density at radius 1 is 0.839 bits per heavy atom. The second-order valence-electron chi connectivity index (χ2n) is 9.09. The Hall–Kier alpha value is -0.487. The van der Waals surface area contributed by atoms with Gasteiger partial charge < -0.3 is 0 Å². The molecule has 0 atom stereocenters. The third-order valence-electron chi connectivity index (χ3n) is 5.97. The minimum absolute atomic E-state index is 0.547. The van der Waals surface area contributed by atoms with E-state index >= 15 is 0 Å². The molecule has 0 bridgehead atoms. The summed E-state index contributed by atoms with van der Waals surface area (Å²) in [7, 11) is 9.87. The van der Waals surface area contributed by atoms with Crippen molar-refractivity contribution in [2.75, 3.05) is 0 Å². The number of hydrogen-bond donors (Lipinski definition) is 0. The Balaban J connectivity index is 0.00000107. The normalized spacial score (nSPS) is 11.2. The zero-order valence-corrected chi connectivity index (χ0v) is 24.0. The third-order valence-corrected chi connectivity index (χ3v) is 5.97. The van der Waals surface area contributed by atoms with Gasteiger partial charge in [-0.2, -0.15) is 6.07 Å². The molecule has 0 saturated carbocycles. The van der Waals surface area contributed by atoms with Gasteiger partial charge in [-0.1, -0.05) is 90.1 Å². The third kappa shape index (κ3) is 7.25. The summed E-state index contributed by atoms with van der Waals surface area (Å²) in [4.78, 5) is 0. The molecule has 0 aromatic heterocycles. The SMILES string of the molecule is CCCCc1cc2c(-c3cc(C(C)C)cc(C(C)C)c3)c(CCC)ccc2[cH-]1.[Cl][Zr][Cl]. The molecular formula is C28H37Cl2Zr-. The number of aryl methyl sites for hydroxylation is 2. The molecule has 0 spiro atoms. The van der Waals surface area contributed by atoms with E-state index in [0.29, 0.717) is 11.8 Å². The van der Waals surface area contributed by atoms with Crippen LogP contribution in [0, 0.1) is 0 Å². The molecule has 0 aliphatic rings. The van der Waals surface area contributed by atoms with Gasteiger partial charge in [0.2, 0.25) is 0 Å². The Morgan fingerprint density at radius 2 is 1.45 bits per heavy atom. The fourth-order valence-electron chi connectivity index (χ4n) is 4.22. The minimum atomic E-state index is -0.826. The van der Waals surface area contributed by atoms with E-state index in [0.717, 1.165) is 6.42 Å². The molecule has 168 valence electrons. The van der Waals surface area contributed by atoms with Crippen LogP contribution in [0.5, 0.6) is 0 Å². The predicted molar refractivity (Wildman–Crippen MR) is 137 cm³/mol. The molecule has 0 radical (unpaired) electrons. The van der Waals surface area contributed by atoms with Crippen molar-refractivity contribution >= 4 is 27.8 Å². The zero-order chi connectivity index (χ0) is 23.0. The number of fused-ring (bicyclic) bond motifs is 1. The Labute approximate surface area is 208 Å². The van der Waals surface area contributed by atoms with Gasteiger partial charge in [-0.15, -0.1) is 34.5 Å². The molecule has 0 aliphatic carbocycles.